The van der Waals surface area contributed by atoms with Gasteiger partial charge in [-0.2, -0.15) is 5.10 Å². The van der Waals surface area contributed by atoms with Crippen LogP contribution in [0, 0.1) is 13.8 Å². The lowest BCUT2D eigenvalue weighted by Gasteiger charge is -2.24. The normalized spacial score (nSPS) is 16.2. The fourth-order valence-electron chi connectivity index (χ4n) is 3.15. The molecule has 1 atom stereocenters. The summed E-state index contributed by atoms with van der Waals surface area (Å²) in [6.07, 6.45) is 0.649. The molecule has 1 aliphatic rings. The summed E-state index contributed by atoms with van der Waals surface area (Å²) >= 11 is 0. The second kappa shape index (κ2) is 6.12. The minimum atomic E-state index is -0.240. The first-order valence-corrected chi connectivity index (χ1v) is 8.28. The number of benzene rings is 1. The largest absolute Gasteiger partial charge is 0.493 e. The number of nitrogens with zero attached hydrogens (tertiary/aromatic N) is 1. The van der Waals surface area contributed by atoms with Crippen molar-refractivity contribution in [3.05, 3.63) is 53.3 Å². The maximum absolute atomic E-state index is 12.8. The first kappa shape index (κ1) is 15.5. The number of amides is 1. The van der Waals surface area contributed by atoms with E-state index in [2.05, 4.69) is 15.5 Å². The van der Waals surface area contributed by atoms with Crippen LogP contribution in [0.5, 0.6) is 5.75 Å². The molecule has 2 aromatic heterocycles. The van der Waals surface area contributed by atoms with Crippen molar-refractivity contribution in [3.8, 4) is 17.2 Å². The number of ether oxygens (including phenoxy) is 1. The maximum atomic E-state index is 12.8. The quantitative estimate of drug-likeness (QED) is 0.762. The van der Waals surface area contributed by atoms with Gasteiger partial charge in [0.1, 0.15) is 17.2 Å². The zero-order valence-electron chi connectivity index (χ0n) is 14.1. The molecular formula is C19H19N3O3. The highest BCUT2D eigenvalue weighted by atomic mass is 16.5. The summed E-state index contributed by atoms with van der Waals surface area (Å²) in [5.41, 5.74) is 2.54. The van der Waals surface area contributed by atoms with E-state index in [0.29, 0.717) is 24.6 Å². The molecule has 0 fully saturated rings. The van der Waals surface area contributed by atoms with Gasteiger partial charge in [0.15, 0.2) is 11.6 Å². The number of rotatable bonds is 3. The Morgan fingerprint density at radius 3 is 2.88 bits per heavy atom. The number of aromatic nitrogens is 2. The first-order chi connectivity index (χ1) is 12.1. The molecule has 6 heteroatoms. The molecule has 25 heavy (non-hydrogen) atoms. The van der Waals surface area contributed by atoms with E-state index in [0.717, 1.165) is 28.3 Å². The third kappa shape index (κ3) is 2.80. The van der Waals surface area contributed by atoms with E-state index < -0.39 is 0 Å². The molecule has 3 heterocycles. The SMILES string of the molecule is Cc1ccc(-c2[nH]nc(NC(=O)[C@@H]3CCOc4ccccc43)c2C)o1. The number of carbonyl (C=O) groups excluding carboxylic acids is 1. The topological polar surface area (TPSA) is 80.2 Å². The molecule has 0 bridgehead atoms. The number of para-hydroxylation sites is 1. The van der Waals surface area contributed by atoms with Crippen LogP contribution in [-0.2, 0) is 4.79 Å². The molecule has 0 saturated heterocycles. The van der Waals surface area contributed by atoms with E-state index in [1.54, 1.807) is 0 Å². The number of aromatic amines is 1. The average molecular weight is 337 g/mol. The van der Waals surface area contributed by atoms with Gasteiger partial charge >= 0.3 is 0 Å². The number of furan rings is 1. The lowest BCUT2D eigenvalue weighted by atomic mass is 9.92. The van der Waals surface area contributed by atoms with E-state index in [1.165, 1.54) is 0 Å². The van der Waals surface area contributed by atoms with Crippen LogP contribution in [-0.4, -0.2) is 22.7 Å². The molecule has 1 aromatic carbocycles. The highest BCUT2D eigenvalue weighted by Crippen LogP contribution is 2.35. The summed E-state index contributed by atoms with van der Waals surface area (Å²) in [6.45, 7) is 4.33. The fourth-order valence-corrected chi connectivity index (χ4v) is 3.15. The van der Waals surface area contributed by atoms with Gasteiger partial charge in [0.2, 0.25) is 5.91 Å². The van der Waals surface area contributed by atoms with Crippen LogP contribution >= 0.6 is 0 Å². The Kier molecular flexibility index (Phi) is 3.80. The van der Waals surface area contributed by atoms with Crippen molar-refractivity contribution in [2.45, 2.75) is 26.2 Å². The van der Waals surface area contributed by atoms with Crippen LogP contribution in [0.25, 0.3) is 11.5 Å². The van der Waals surface area contributed by atoms with Crippen molar-refractivity contribution in [3.63, 3.8) is 0 Å². The zero-order chi connectivity index (χ0) is 17.4. The van der Waals surface area contributed by atoms with E-state index in [4.69, 9.17) is 9.15 Å². The van der Waals surface area contributed by atoms with Crippen molar-refractivity contribution in [2.75, 3.05) is 11.9 Å². The number of hydrogen-bond acceptors (Lipinski definition) is 4. The van der Waals surface area contributed by atoms with Gasteiger partial charge in [0, 0.05) is 11.1 Å². The lowest BCUT2D eigenvalue weighted by Crippen LogP contribution is -2.26. The Morgan fingerprint density at radius 1 is 1.24 bits per heavy atom. The molecule has 0 unspecified atom stereocenters. The van der Waals surface area contributed by atoms with Crippen LogP contribution in [0.3, 0.4) is 0 Å². The van der Waals surface area contributed by atoms with Gasteiger partial charge in [-0.05, 0) is 38.5 Å². The number of nitrogens with one attached hydrogen (secondary N) is 2. The smallest absolute Gasteiger partial charge is 0.233 e. The van der Waals surface area contributed by atoms with Crippen LogP contribution in [0.2, 0.25) is 0 Å². The monoisotopic (exact) mass is 337 g/mol. The summed E-state index contributed by atoms with van der Waals surface area (Å²) in [4.78, 5) is 12.8. The van der Waals surface area contributed by atoms with Crippen LogP contribution in [0.1, 0.15) is 29.2 Å². The predicted molar refractivity (Wildman–Crippen MR) is 93.7 cm³/mol. The Hall–Kier alpha value is -3.02. The molecule has 2 N–H and O–H groups in total. The van der Waals surface area contributed by atoms with Crippen molar-refractivity contribution in [2.24, 2.45) is 0 Å². The number of carbonyl (C=O) groups is 1. The minimum Gasteiger partial charge on any atom is -0.493 e. The number of H-pyrrole nitrogens is 1. The zero-order valence-corrected chi connectivity index (χ0v) is 14.1. The molecule has 0 radical (unpaired) electrons. The van der Waals surface area contributed by atoms with Crippen molar-refractivity contribution >= 4 is 11.7 Å². The number of fused-ring (bicyclic) bond motifs is 1. The molecule has 0 spiro atoms. The van der Waals surface area contributed by atoms with Gasteiger partial charge in [0.05, 0.1) is 12.5 Å². The van der Waals surface area contributed by atoms with Crippen molar-refractivity contribution in [1.82, 2.24) is 10.2 Å². The van der Waals surface area contributed by atoms with Gasteiger partial charge in [-0.1, -0.05) is 18.2 Å². The van der Waals surface area contributed by atoms with E-state index in [9.17, 15) is 4.79 Å². The lowest BCUT2D eigenvalue weighted by molar-refractivity contribution is -0.118. The third-order valence-corrected chi connectivity index (χ3v) is 4.51. The summed E-state index contributed by atoms with van der Waals surface area (Å²) in [5.74, 6) is 2.52. The molecule has 1 aliphatic heterocycles. The van der Waals surface area contributed by atoms with Crippen molar-refractivity contribution < 1.29 is 13.9 Å². The second-order valence-electron chi connectivity index (χ2n) is 6.20. The Labute approximate surface area is 145 Å². The van der Waals surface area contributed by atoms with Crippen LogP contribution in [0.4, 0.5) is 5.82 Å². The first-order valence-electron chi connectivity index (χ1n) is 8.28. The fraction of sp³-hybridized carbons (Fsp3) is 0.263. The van der Waals surface area contributed by atoms with E-state index >= 15 is 0 Å². The van der Waals surface area contributed by atoms with Gasteiger partial charge < -0.3 is 14.5 Å². The molecule has 0 aliphatic carbocycles. The Bertz CT molecular complexity index is 926. The molecule has 4 rings (SSSR count). The molecule has 128 valence electrons. The molecule has 0 saturated carbocycles. The van der Waals surface area contributed by atoms with Gasteiger partial charge in [0.25, 0.3) is 0 Å². The Morgan fingerprint density at radius 2 is 2.08 bits per heavy atom. The van der Waals surface area contributed by atoms with Crippen LogP contribution < -0.4 is 10.1 Å². The third-order valence-electron chi connectivity index (χ3n) is 4.51. The molecular weight excluding hydrogens is 318 g/mol. The summed E-state index contributed by atoms with van der Waals surface area (Å²) in [5, 5.41) is 10.1. The highest BCUT2D eigenvalue weighted by Gasteiger charge is 2.28. The minimum absolute atomic E-state index is 0.0764. The molecule has 3 aromatic rings. The highest BCUT2D eigenvalue weighted by molar-refractivity contribution is 5.96. The predicted octanol–water partition coefficient (Wildman–Crippen LogP) is 3.79. The number of anilines is 1. The number of hydrogen-bond donors (Lipinski definition) is 2. The summed E-state index contributed by atoms with van der Waals surface area (Å²) < 4.78 is 11.3. The van der Waals surface area contributed by atoms with Gasteiger partial charge in [-0.3, -0.25) is 9.89 Å². The van der Waals surface area contributed by atoms with Crippen LogP contribution in [0.15, 0.2) is 40.8 Å². The summed E-state index contributed by atoms with van der Waals surface area (Å²) in [7, 11) is 0. The second-order valence-corrected chi connectivity index (χ2v) is 6.20. The number of aryl methyl sites for hydroxylation is 1. The summed E-state index contributed by atoms with van der Waals surface area (Å²) in [6, 6.07) is 11.4. The maximum Gasteiger partial charge on any atom is 0.233 e. The van der Waals surface area contributed by atoms with Crippen molar-refractivity contribution in [1.29, 1.82) is 0 Å². The Balaban J connectivity index is 1.57. The van der Waals surface area contributed by atoms with E-state index in [1.807, 2.05) is 50.2 Å². The molecule has 6 nitrogen and oxygen atoms in total. The van der Waals surface area contributed by atoms with E-state index in [-0.39, 0.29) is 11.8 Å². The standard InChI is InChI=1S/C19H19N3O3/c1-11-7-8-16(25-11)17-12(2)18(22-21-17)20-19(23)14-9-10-24-15-6-4-3-5-13(14)15/h3-8,14H,9-10H2,1-2H3,(H2,20,21,22,23)/t14-/m1/s1. The average Bonchev–Trinajstić information content (AvgIpc) is 3.20. The van der Waals surface area contributed by atoms with Gasteiger partial charge in [-0.15, -0.1) is 0 Å². The van der Waals surface area contributed by atoms with Gasteiger partial charge in [-0.25, -0.2) is 0 Å². The molecule has 1 amide bonds.